The Balaban J connectivity index is 2.35. The molecule has 0 fully saturated rings. The lowest BCUT2D eigenvalue weighted by molar-refractivity contribution is 0.0501. The van der Waals surface area contributed by atoms with E-state index in [0.29, 0.717) is 12.3 Å². The number of carbonyl (C=O) groups is 1. The van der Waals surface area contributed by atoms with Crippen LogP contribution < -0.4 is 0 Å². The highest BCUT2D eigenvalue weighted by atomic mass is 79.9. The van der Waals surface area contributed by atoms with Gasteiger partial charge in [-0.3, -0.25) is 0 Å². The van der Waals surface area contributed by atoms with Crippen LogP contribution in [0, 0.1) is 0 Å². The molecule has 1 aromatic rings. The van der Waals surface area contributed by atoms with Crippen molar-refractivity contribution in [1.29, 1.82) is 0 Å². The third kappa shape index (κ3) is 3.22. The summed E-state index contributed by atoms with van der Waals surface area (Å²) in [4.78, 5) is 14.3. The first-order chi connectivity index (χ1) is 6.24. The molecule has 3 nitrogen and oxygen atoms in total. The smallest absolute Gasteiger partial charge is 0.354 e. The Hall–Kier alpha value is -0.770. The number of aromatic nitrogens is 1. The van der Waals surface area contributed by atoms with E-state index in [9.17, 15) is 4.79 Å². The Morgan fingerprint density at radius 3 is 3.08 bits per heavy atom. The summed E-state index contributed by atoms with van der Waals surface area (Å²) in [6, 6.07) is 3.46. The molecule has 1 aromatic heterocycles. The lowest BCUT2D eigenvalue weighted by Gasteiger charge is -2.06. The van der Waals surface area contributed by atoms with Gasteiger partial charge in [-0.15, -0.1) is 0 Å². The minimum Gasteiger partial charge on any atom is -0.460 e. The zero-order valence-corrected chi connectivity index (χ0v) is 9.00. The van der Waals surface area contributed by atoms with Crippen molar-refractivity contribution < 1.29 is 9.53 Å². The molecule has 1 N–H and O–H groups in total. The van der Waals surface area contributed by atoms with Gasteiger partial charge in [0.05, 0.1) is 0 Å². The molecule has 0 aliphatic rings. The molecule has 0 saturated carbocycles. The molecule has 0 spiro atoms. The number of H-pyrrole nitrogens is 1. The zero-order valence-electron chi connectivity index (χ0n) is 7.42. The topological polar surface area (TPSA) is 42.1 Å². The van der Waals surface area contributed by atoms with E-state index < -0.39 is 0 Å². The highest BCUT2D eigenvalue weighted by Crippen LogP contribution is 2.06. The van der Waals surface area contributed by atoms with Gasteiger partial charge >= 0.3 is 5.97 Å². The van der Waals surface area contributed by atoms with Crippen molar-refractivity contribution in [3.05, 3.63) is 24.0 Å². The molecule has 1 atom stereocenters. The number of nitrogens with one attached hydrogen (secondary N) is 1. The maximum absolute atomic E-state index is 11.3. The number of esters is 1. The first kappa shape index (κ1) is 10.3. The third-order valence-electron chi connectivity index (χ3n) is 1.66. The standard InChI is InChI=1S/C9H12BrNO2/c1-2-7(10)6-13-9(12)8-4-3-5-11-8/h3-5,7,11H,2,6H2,1H3. The molecule has 4 heteroatoms. The summed E-state index contributed by atoms with van der Waals surface area (Å²) in [7, 11) is 0. The van der Waals surface area contributed by atoms with E-state index >= 15 is 0 Å². The first-order valence-electron chi connectivity index (χ1n) is 4.18. The van der Waals surface area contributed by atoms with E-state index in [0.717, 1.165) is 6.42 Å². The molecule has 0 bridgehead atoms. The largest absolute Gasteiger partial charge is 0.460 e. The maximum atomic E-state index is 11.3. The number of aromatic amines is 1. The van der Waals surface area contributed by atoms with Crippen LogP contribution in [0.25, 0.3) is 0 Å². The summed E-state index contributed by atoms with van der Waals surface area (Å²) in [6.07, 6.45) is 2.64. The van der Waals surface area contributed by atoms with Crippen molar-refractivity contribution in [2.45, 2.75) is 18.2 Å². The van der Waals surface area contributed by atoms with E-state index in [4.69, 9.17) is 4.74 Å². The number of alkyl halides is 1. The van der Waals surface area contributed by atoms with E-state index in [1.165, 1.54) is 0 Å². The van der Waals surface area contributed by atoms with Gasteiger partial charge in [0.15, 0.2) is 0 Å². The Bertz CT molecular complexity index is 259. The second-order valence-corrected chi connectivity index (χ2v) is 3.98. The van der Waals surface area contributed by atoms with Crippen molar-refractivity contribution >= 4 is 21.9 Å². The van der Waals surface area contributed by atoms with Gasteiger partial charge in [-0.25, -0.2) is 4.79 Å². The van der Waals surface area contributed by atoms with E-state index in [1.807, 2.05) is 6.92 Å². The molecule has 0 amide bonds. The fourth-order valence-corrected chi connectivity index (χ4v) is 0.951. The molecular weight excluding hydrogens is 234 g/mol. The summed E-state index contributed by atoms with van der Waals surface area (Å²) >= 11 is 3.38. The minimum absolute atomic E-state index is 0.242. The summed E-state index contributed by atoms with van der Waals surface area (Å²) < 4.78 is 5.02. The average Bonchev–Trinajstić information content (AvgIpc) is 2.66. The van der Waals surface area contributed by atoms with Gasteiger partial charge in [-0.05, 0) is 18.6 Å². The zero-order chi connectivity index (χ0) is 9.68. The molecule has 1 unspecified atom stereocenters. The number of carbonyl (C=O) groups excluding carboxylic acids is 1. The molecule has 1 heterocycles. The third-order valence-corrected chi connectivity index (χ3v) is 2.57. The Kier molecular flexibility index (Phi) is 4.02. The molecule has 0 aliphatic heterocycles. The van der Waals surface area contributed by atoms with Gasteiger partial charge in [0.2, 0.25) is 0 Å². The van der Waals surface area contributed by atoms with Gasteiger partial charge in [0.1, 0.15) is 12.3 Å². The van der Waals surface area contributed by atoms with Gasteiger partial charge in [-0.2, -0.15) is 0 Å². The molecule has 0 radical (unpaired) electrons. The summed E-state index contributed by atoms with van der Waals surface area (Å²) in [5.41, 5.74) is 0.496. The van der Waals surface area contributed by atoms with Crippen LogP contribution in [0.1, 0.15) is 23.8 Å². The molecular formula is C9H12BrNO2. The van der Waals surface area contributed by atoms with Crippen LogP contribution in [0.4, 0.5) is 0 Å². The van der Waals surface area contributed by atoms with E-state index in [1.54, 1.807) is 18.3 Å². The predicted molar refractivity (Wildman–Crippen MR) is 54.1 cm³/mol. The van der Waals surface area contributed by atoms with Gasteiger partial charge in [0.25, 0.3) is 0 Å². The second-order valence-electron chi connectivity index (χ2n) is 2.69. The van der Waals surface area contributed by atoms with E-state index in [2.05, 4.69) is 20.9 Å². The Labute approximate surface area is 85.6 Å². The Morgan fingerprint density at radius 2 is 2.54 bits per heavy atom. The van der Waals surface area contributed by atoms with Crippen molar-refractivity contribution in [1.82, 2.24) is 4.98 Å². The van der Waals surface area contributed by atoms with Crippen LogP contribution >= 0.6 is 15.9 Å². The fraction of sp³-hybridized carbons (Fsp3) is 0.444. The van der Waals surface area contributed by atoms with Crippen molar-refractivity contribution in [3.8, 4) is 0 Å². The lowest BCUT2D eigenvalue weighted by Crippen LogP contribution is -2.13. The highest BCUT2D eigenvalue weighted by Gasteiger charge is 2.09. The quantitative estimate of drug-likeness (QED) is 0.654. The van der Waals surface area contributed by atoms with Crippen molar-refractivity contribution in [2.75, 3.05) is 6.61 Å². The summed E-state index contributed by atoms with van der Waals surface area (Å²) in [6.45, 7) is 2.44. The average molecular weight is 246 g/mol. The van der Waals surface area contributed by atoms with Crippen LogP contribution in [0.3, 0.4) is 0 Å². The molecule has 72 valence electrons. The maximum Gasteiger partial charge on any atom is 0.354 e. The second kappa shape index (κ2) is 5.07. The number of hydrogen-bond acceptors (Lipinski definition) is 2. The molecule has 13 heavy (non-hydrogen) atoms. The molecule has 0 saturated heterocycles. The van der Waals surface area contributed by atoms with Crippen LogP contribution in [0.15, 0.2) is 18.3 Å². The van der Waals surface area contributed by atoms with Crippen LogP contribution in [-0.4, -0.2) is 22.4 Å². The van der Waals surface area contributed by atoms with Crippen LogP contribution in [0.5, 0.6) is 0 Å². The van der Waals surface area contributed by atoms with Gasteiger partial charge < -0.3 is 9.72 Å². The minimum atomic E-state index is -0.303. The SMILES string of the molecule is CCC(Br)COC(=O)c1ccc[nH]1. The van der Waals surface area contributed by atoms with E-state index in [-0.39, 0.29) is 10.8 Å². The number of ether oxygens (including phenoxy) is 1. The molecule has 1 rings (SSSR count). The molecule has 0 aliphatic carbocycles. The summed E-state index contributed by atoms with van der Waals surface area (Å²) in [5, 5.41) is 0. The van der Waals surface area contributed by atoms with Crippen molar-refractivity contribution in [3.63, 3.8) is 0 Å². The number of rotatable bonds is 4. The molecule has 0 aromatic carbocycles. The van der Waals surface area contributed by atoms with Crippen LogP contribution in [0.2, 0.25) is 0 Å². The van der Waals surface area contributed by atoms with Gasteiger partial charge in [-0.1, -0.05) is 22.9 Å². The fourth-order valence-electron chi connectivity index (χ4n) is 0.819. The number of halogens is 1. The first-order valence-corrected chi connectivity index (χ1v) is 5.10. The normalized spacial score (nSPS) is 12.5. The van der Waals surface area contributed by atoms with Crippen molar-refractivity contribution in [2.24, 2.45) is 0 Å². The van der Waals surface area contributed by atoms with Gasteiger partial charge in [0, 0.05) is 11.0 Å². The monoisotopic (exact) mass is 245 g/mol. The number of hydrogen-bond donors (Lipinski definition) is 1. The predicted octanol–water partition coefficient (Wildman–Crippen LogP) is 2.34. The van der Waals surface area contributed by atoms with Crippen LogP contribution in [-0.2, 0) is 4.74 Å². The lowest BCUT2D eigenvalue weighted by atomic mass is 10.3. The highest BCUT2D eigenvalue weighted by molar-refractivity contribution is 9.09. The Morgan fingerprint density at radius 1 is 1.77 bits per heavy atom. The summed E-state index contributed by atoms with van der Waals surface area (Å²) in [5.74, 6) is -0.303.